The summed E-state index contributed by atoms with van der Waals surface area (Å²) >= 11 is 0. The van der Waals surface area contributed by atoms with Gasteiger partial charge in [0.25, 0.3) is 0 Å². The van der Waals surface area contributed by atoms with Crippen LogP contribution in [0, 0.1) is 5.82 Å². The van der Waals surface area contributed by atoms with Gasteiger partial charge in [-0.15, -0.1) is 0 Å². The summed E-state index contributed by atoms with van der Waals surface area (Å²) in [7, 11) is 0. The Kier molecular flexibility index (Phi) is 3.70. The molecule has 1 heterocycles. The molecule has 0 bridgehead atoms. The lowest BCUT2D eigenvalue weighted by molar-refractivity contribution is -0.136. The molecule has 5 heteroatoms. The van der Waals surface area contributed by atoms with Gasteiger partial charge in [-0.1, -0.05) is 24.3 Å². The van der Waals surface area contributed by atoms with Crippen LogP contribution < -0.4 is 0 Å². The van der Waals surface area contributed by atoms with Crippen LogP contribution in [0.3, 0.4) is 0 Å². The fourth-order valence-electron chi connectivity index (χ4n) is 2.20. The predicted molar refractivity (Wildman–Crippen MR) is 80.3 cm³/mol. The highest BCUT2D eigenvalue weighted by molar-refractivity contribution is 5.71. The summed E-state index contributed by atoms with van der Waals surface area (Å²) in [6.07, 6.45) is 3.57. The molecule has 1 aromatic heterocycles. The minimum atomic E-state index is -0.850. The van der Waals surface area contributed by atoms with Gasteiger partial charge >= 0.3 is 5.97 Å². The molecule has 3 rings (SSSR count). The molecule has 0 aliphatic carbocycles. The van der Waals surface area contributed by atoms with Crippen LogP contribution in [0.1, 0.15) is 5.56 Å². The minimum absolute atomic E-state index is 0.00905. The van der Waals surface area contributed by atoms with Crippen LogP contribution in [-0.4, -0.2) is 20.9 Å². The monoisotopic (exact) mass is 296 g/mol. The van der Waals surface area contributed by atoms with Crippen molar-refractivity contribution in [3.8, 4) is 16.8 Å². The van der Waals surface area contributed by atoms with Gasteiger partial charge in [0, 0.05) is 11.8 Å². The number of benzene rings is 2. The third-order valence-corrected chi connectivity index (χ3v) is 3.32. The van der Waals surface area contributed by atoms with E-state index in [0.717, 1.165) is 22.4 Å². The van der Waals surface area contributed by atoms with E-state index < -0.39 is 5.97 Å². The third kappa shape index (κ3) is 3.03. The largest absolute Gasteiger partial charge is 0.481 e. The fraction of sp³-hybridized carbons (Fsp3) is 0.0588. The standard InChI is InChI=1S/C17H13FN2O2/c18-15-5-7-16(8-6-15)20-11-14(10-19-20)13-3-1-12(2-4-13)9-17(21)22/h1-8,10-11H,9H2,(H,21,22). The first-order valence-corrected chi connectivity index (χ1v) is 6.73. The van der Waals surface area contributed by atoms with E-state index in [9.17, 15) is 9.18 Å². The second kappa shape index (κ2) is 5.81. The van der Waals surface area contributed by atoms with Gasteiger partial charge < -0.3 is 5.11 Å². The van der Waals surface area contributed by atoms with Crippen LogP contribution >= 0.6 is 0 Å². The van der Waals surface area contributed by atoms with Gasteiger partial charge in [0.15, 0.2) is 0 Å². The lowest BCUT2D eigenvalue weighted by Crippen LogP contribution is -1.99. The Balaban J connectivity index is 1.84. The minimum Gasteiger partial charge on any atom is -0.481 e. The van der Waals surface area contributed by atoms with E-state index in [1.54, 1.807) is 35.1 Å². The van der Waals surface area contributed by atoms with E-state index in [-0.39, 0.29) is 12.2 Å². The van der Waals surface area contributed by atoms with E-state index in [2.05, 4.69) is 5.10 Å². The maximum atomic E-state index is 12.9. The molecule has 4 nitrogen and oxygen atoms in total. The first kappa shape index (κ1) is 14.0. The Morgan fingerprint density at radius 2 is 1.73 bits per heavy atom. The van der Waals surface area contributed by atoms with E-state index >= 15 is 0 Å². The molecule has 0 atom stereocenters. The molecular weight excluding hydrogens is 283 g/mol. The molecule has 0 spiro atoms. The average molecular weight is 296 g/mol. The Morgan fingerprint density at radius 1 is 1.05 bits per heavy atom. The maximum absolute atomic E-state index is 12.9. The van der Waals surface area contributed by atoms with Crippen LogP contribution in [0.15, 0.2) is 60.9 Å². The van der Waals surface area contributed by atoms with Crippen LogP contribution in [0.5, 0.6) is 0 Å². The zero-order valence-corrected chi connectivity index (χ0v) is 11.6. The number of carbonyl (C=O) groups is 1. The zero-order valence-electron chi connectivity index (χ0n) is 11.6. The number of hydrogen-bond acceptors (Lipinski definition) is 2. The molecule has 0 unspecified atom stereocenters. The van der Waals surface area contributed by atoms with Crippen LogP contribution in [0.2, 0.25) is 0 Å². The molecular formula is C17H13FN2O2. The third-order valence-electron chi connectivity index (χ3n) is 3.32. The predicted octanol–water partition coefficient (Wildman–Crippen LogP) is 3.31. The molecule has 0 aliphatic heterocycles. The number of rotatable bonds is 4. The second-order valence-electron chi connectivity index (χ2n) is 4.92. The summed E-state index contributed by atoms with van der Waals surface area (Å²) < 4.78 is 14.6. The molecule has 2 aromatic carbocycles. The van der Waals surface area contributed by atoms with Crippen molar-refractivity contribution in [2.45, 2.75) is 6.42 Å². The number of halogens is 1. The summed E-state index contributed by atoms with van der Waals surface area (Å²) in [5.41, 5.74) is 3.38. The van der Waals surface area contributed by atoms with Crippen molar-refractivity contribution in [3.63, 3.8) is 0 Å². The summed E-state index contributed by atoms with van der Waals surface area (Å²) in [6, 6.07) is 13.4. The number of aliphatic carboxylic acids is 1. The Labute approximate surface area is 126 Å². The number of nitrogens with zero attached hydrogens (tertiary/aromatic N) is 2. The van der Waals surface area contributed by atoms with Gasteiger partial charge in [-0.3, -0.25) is 4.79 Å². The average Bonchev–Trinajstić information content (AvgIpc) is 2.98. The quantitative estimate of drug-likeness (QED) is 0.803. The van der Waals surface area contributed by atoms with E-state index in [0.29, 0.717) is 0 Å². The van der Waals surface area contributed by atoms with Crippen molar-refractivity contribution in [1.29, 1.82) is 0 Å². The molecule has 110 valence electrons. The van der Waals surface area contributed by atoms with Crippen LogP contribution in [0.25, 0.3) is 16.8 Å². The first-order chi connectivity index (χ1) is 10.6. The molecule has 0 fully saturated rings. The molecule has 0 amide bonds. The van der Waals surface area contributed by atoms with Gasteiger partial charge in [-0.05, 0) is 35.4 Å². The maximum Gasteiger partial charge on any atom is 0.307 e. The lowest BCUT2D eigenvalue weighted by atomic mass is 10.1. The molecule has 0 radical (unpaired) electrons. The Morgan fingerprint density at radius 3 is 2.36 bits per heavy atom. The summed E-state index contributed by atoms with van der Waals surface area (Å²) in [5.74, 6) is -1.14. The highest BCUT2D eigenvalue weighted by atomic mass is 19.1. The van der Waals surface area contributed by atoms with Gasteiger partial charge in [0.05, 0.1) is 18.3 Å². The smallest absolute Gasteiger partial charge is 0.307 e. The summed E-state index contributed by atoms with van der Waals surface area (Å²) in [5, 5.41) is 13.0. The van der Waals surface area contributed by atoms with Crippen LogP contribution in [0.4, 0.5) is 4.39 Å². The van der Waals surface area contributed by atoms with Crippen molar-refractivity contribution in [2.24, 2.45) is 0 Å². The Hall–Kier alpha value is -2.95. The van der Waals surface area contributed by atoms with Gasteiger partial charge in [-0.25, -0.2) is 9.07 Å². The normalized spacial score (nSPS) is 10.6. The van der Waals surface area contributed by atoms with Gasteiger partial charge in [0.1, 0.15) is 5.82 Å². The van der Waals surface area contributed by atoms with Crippen molar-refractivity contribution in [2.75, 3.05) is 0 Å². The Bertz CT molecular complexity index is 792. The van der Waals surface area contributed by atoms with E-state index in [1.807, 2.05) is 18.3 Å². The molecule has 0 saturated carbocycles. The molecule has 1 N–H and O–H groups in total. The topological polar surface area (TPSA) is 55.1 Å². The molecule has 0 aliphatic rings. The number of carboxylic acids is 1. The first-order valence-electron chi connectivity index (χ1n) is 6.73. The van der Waals surface area contributed by atoms with Crippen molar-refractivity contribution in [1.82, 2.24) is 9.78 Å². The number of aromatic nitrogens is 2. The molecule has 3 aromatic rings. The van der Waals surface area contributed by atoms with Gasteiger partial charge in [0.2, 0.25) is 0 Å². The fourth-order valence-corrected chi connectivity index (χ4v) is 2.20. The number of hydrogen-bond donors (Lipinski definition) is 1. The van der Waals surface area contributed by atoms with Crippen molar-refractivity contribution >= 4 is 5.97 Å². The van der Waals surface area contributed by atoms with Crippen molar-refractivity contribution < 1.29 is 14.3 Å². The van der Waals surface area contributed by atoms with E-state index in [4.69, 9.17) is 5.11 Å². The highest BCUT2D eigenvalue weighted by Gasteiger charge is 2.05. The second-order valence-corrected chi connectivity index (χ2v) is 4.92. The van der Waals surface area contributed by atoms with E-state index in [1.165, 1.54) is 12.1 Å². The zero-order chi connectivity index (χ0) is 15.5. The van der Waals surface area contributed by atoms with Crippen LogP contribution in [-0.2, 0) is 11.2 Å². The highest BCUT2D eigenvalue weighted by Crippen LogP contribution is 2.21. The van der Waals surface area contributed by atoms with Gasteiger partial charge in [-0.2, -0.15) is 5.10 Å². The summed E-state index contributed by atoms with van der Waals surface area (Å²) in [6.45, 7) is 0. The number of carboxylic acid groups (broad SMARTS) is 1. The SMILES string of the molecule is O=C(O)Cc1ccc(-c2cnn(-c3ccc(F)cc3)c2)cc1. The molecule has 0 saturated heterocycles. The lowest BCUT2D eigenvalue weighted by Gasteiger charge is -2.01. The molecule has 22 heavy (non-hydrogen) atoms. The summed E-state index contributed by atoms with van der Waals surface area (Å²) in [4.78, 5) is 10.7. The van der Waals surface area contributed by atoms with Crippen molar-refractivity contribution in [3.05, 3.63) is 72.3 Å².